The van der Waals surface area contributed by atoms with Crippen LogP contribution in [-0.4, -0.2) is 29.9 Å². The highest BCUT2D eigenvalue weighted by Crippen LogP contribution is 2.18. The molecule has 20 heavy (non-hydrogen) atoms. The van der Waals surface area contributed by atoms with Gasteiger partial charge in [0.05, 0.1) is 0 Å². The third kappa shape index (κ3) is 3.35. The molecule has 0 bridgehead atoms. The van der Waals surface area contributed by atoms with Gasteiger partial charge in [-0.2, -0.15) is 0 Å². The van der Waals surface area contributed by atoms with Crippen LogP contribution in [0.3, 0.4) is 0 Å². The lowest BCUT2D eigenvalue weighted by molar-refractivity contribution is 0.0827. The van der Waals surface area contributed by atoms with Crippen LogP contribution in [0.15, 0.2) is 42.7 Å². The lowest BCUT2D eigenvalue weighted by atomic mass is 10.1. The van der Waals surface area contributed by atoms with Crippen molar-refractivity contribution in [3.05, 3.63) is 59.4 Å². The molecule has 0 radical (unpaired) electrons. The number of hydrogen-bond acceptors (Lipinski definition) is 3. The zero-order chi connectivity index (χ0) is 14.5. The van der Waals surface area contributed by atoms with Crippen molar-refractivity contribution in [1.82, 2.24) is 9.88 Å². The van der Waals surface area contributed by atoms with Crippen molar-refractivity contribution in [2.24, 2.45) is 0 Å². The van der Waals surface area contributed by atoms with Gasteiger partial charge >= 0.3 is 0 Å². The highest BCUT2D eigenvalue weighted by molar-refractivity contribution is 5.95. The Morgan fingerprint density at radius 3 is 2.75 bits per heavy atom. The number of nitrogens with zero attached hydrogens (tertiary/aromatic N) is 2. The number of aromatic nitrogens is 1. The molecule has 0 aliphatic carbocycles. The topological polar surface area (TPSA) is 45.2 Å². The first-order valence-electron chi connectivity index (χ1n) is 6.53. The fourth-order valence-electron chi connectivity index (χ4n) is 1.90. The molecule has 0 unspecified atom stereocenters. The fraction of sp³-hybridized carbons (Fsp3) is 0.250. The molecule has 2 rings (SSSR count). The summed E-state index contributed by atoms with van der Waals surface area (Å²) in [4.78, 5) is 17.6. The van der Waals surface area contributed by atoms with Crippen LogP contribution < -0.4 is 5.32 Å². The number of rotatable bonds is 4. The quantitative estimate of drug-likeness (QED) is 0.928. The molecule has 0 saturated carbocycles. The Balaban J connectivity index is 2.15. The first-order valence-corrected chi connectivity index (χ1v) is 6.53. The molecule has 0 aliphatic rings. The predicted octanol–water partition coefficient (Wildman–Crippen LogP) is 2.70. The third-order valence-electron chi connectivity index (χ3n) is 3.10. The van der Waals surface area contributed by atoms with Crippen LogP contribution in [0.5, 0.6) is 0 Å². The normalized spacial score (nSPS) is 10.2. The second kappa shape index (κ2) is 6.19. The van der Waals surface area contributed by atoms with Crippen molar-refractivity contribution in [3.63, 3.8) is 0 Å². The van der Waals surface area contributed by atoms with Crippen molar-refractivity contribution in [2.75, 3.05) is 19.4 Å². The number of aryl methyl sites for hydroxylation is 1. The number of carbonyl (C=O) groups is 1. The van der Waals surface area contributed by atoms with E-state index in [-0.39, 0.29) is 5.91 Å². The van der Waals surface area contributed by atoms with E-state index in [9.17, 15) is 4.79 Å². The van der Waals surface area contributed by atoms with E-state index in [1.165, 1.54) is 0 Å². The van der Waals surface area contributed by atoms with E-state index in [4.69, 9.17) is 0 Å². The second-order valence-corrected chi connectivity index (χ2v) is 4.94. The number of benzene rings is 1. The van der Waals surface area contributed by atoms with Crippen molar-refractivity contribution in [1.29, 1.82) is 0 Å². The van der Waals surface area contributed by atoms with Crippen LogP contribution in [0.4, 0.5) is 5.69 Å². The molecule has 0 spiro atoms. The smallest absolute Gasteiger partial charge is 0.253 e. The van der Waals surface area contributed by atoms with E-state index in [0.29, 0.717) is 12.1 Å². The summed E-state index contributed by atoms with van der Waals surface area (Å²) in [5.74, 6) is 0.00873. The van der Waals surface area contributed by atoms with Crippen molar-refractivity contribution >= 4 is 11.6 Å². The Labute approximate surface area is 119 Å². The molecule has 1 aromatic carbocycles. The first-order chi connectivity index (χ1) is 9.58. The van der Waals surface area contributed by atoms with E-state index < -0.39 is 0 Å². The van der Waals surface area contributed by atoms with Crippen LogP contribution in [0, 0.1) is 6.92 Å². The van der Waals surface area contributed by atoms with Gasteiger partial charge in [0.15, 0.2) is 0 Å². The summed E-state index contributed by atoms with van der Waals surface area (Å²) in [6.45, 7) is 2.71. The maximum atomic E-state index is 12.0. The Hall–Kier alpha value is -2.36. The molecule has 0 saturated heterocycles. The maximum Gasteiger partial charge on any atom is 0.253 e. The molecule has 4 nitrogen and oxygen atoms in total. The lowest BCUT2D eigenvalue weighted by Crippen LogP contribution is -2.21. The van der Waals surface area contributed by atoms with E-state index in [2.05, 4.69) is 10.3 Å². The van der Waals surface area contributed by atoms with Crippen LogP contribution in [0.2, 0.25) is 0 Å². The molecule has 1 amide bonds. The lowest BCUT2D eigenvalue weighted by Gasteiger charge is -2.14. The van der Waals surface area contributed by atoms with E-state index in [0.717, 1.165) is 16.8 Å². The summed E-state index contributed by atoms with van der Waals surface area (Å²) in [7, 11) is 3.51. The molecule has 104 valence electrons. The minimum absolute atomic E-state index is 0.00873. The van der Waals surface area contributed by atoms with Gasteiger partial charge < -0.3 is 10.2 Å². The predicted molar refractivity (Wildman–Crippen MR) is 80.8 cm³/mol. The van der Waals surface area contributed by atoms with Gasteiger partial charge in [-0.25, -0.2) is 0 Å². The SMILES string of the molecule is Cc1ccc(C(=O)N(C)C)cc1NCc1cccnc1. The minimum atomic E-state index is 0.00873. The minimum Gasteiger partial charge on any atom is -0.381 e. The Kier molecular flexibility index (Phi) is 4.35. The molecule has 0 aliphatic heterocycles. The van der Waals surface area contributed by atoms with Gasteiger partial charge in [0.25, 0.3) is 5.91 Å². The summed E-state index contributed by atoms with van der Waals surface area (Å²) >= 11 is 0. The summed E-state index contributed by atoms with van der Waals surface area (Å²) in [5.41, 5.74) is 3.89. The highest BCUT2D eigenvalue weighted by atomic mass is 16.2. The molecular weight excluding hydrogens is 250 g/mol. The largest absolute Gasteiger partial charge is 0.381 e. The zero-order valence-electron chi connectivity index (χ0n) is 12.1. The Morgan fingerprint density at radius 1 is 1.30 bits per heavy atom. The summed E-state index contributed by atoms with van der Waals surface area (Å²) in [6, 6.07) is 9.64. The van der Waals surface area contributed by atoms with Gasteiger partial charge in [0, 0.05) is 44.3 Å². The monoisotopic (exact) mass is 269 g/mol. The maximum absolute atomic E-state index is 12.0. The van der Waals surface area contributed by atoms with Crippen LogP contribution in [0.1, 0.15) is 21.5 Å². The van der Waals surface area contributed by atoms with Crippen LogP contribution >= 0.6 is 0 Å². The van der Waals surface area contributed by atoms with Gasteiger partial charge in [-0.1, -0.05) is 12.1 Å². The molecule has 0 fully saturated rings. The number of nitrogens with one attached hydrogen (secondary N) is 1. The van der Waals surface area contributed by atoms with Gasteiger partial charge in [-0.3, -0.25) is 9.78 Å². The third-order valence-corrected chi connectivity index (χ3v) is 3.10. The fourth-order valence-corrected chi connectivity index (χ4v) is 1.90. The summed E-state index contributed by atoms with van der Waals surface area (Å²) < 4.78 is 0. The average Bonchev–Trinajstić information content (AvgIpc) is 2.46. The van der Waals surface area contributed by atoms with Gasteiger partial charge in [-0.15, -0.1) is 0 Å². The molecule has 1 N–H and O–H groups in total. The highest BCUT2D eigenvalue weighted by Gasteiger charge is 2.09. The van der Waals surface area contributed by atoms with Crippen molar-refractivity contribution in [2.45, 2.75) is 13.5 Å². The van der Waals surface area contributed by atoms with Crippen molar-refractivity contribution in [3.8, 4) is 0 Å². The first kappa shape index (κ1) is 14.1. The number of pyridine rings is 1. The molecule has 1 heterocycles. The molecule has 0 atom stereocenters. The summed E-state index contributed by atoms with van der Waals surface area (Å²) in [6.07, 6.45) is 3.59. The van der Waals surface area contributed by atoms with Crippen molar-refractivity contribution < 1.29 is 4.79 Å². The Bertz CT molecular complexity index is 594. The zero-order valence-corrected chi connectivity index (χ0v) is 12.1. The molecular formula is C16H19N3O. The van der Waals surface area contributed by atoms with Gasteiger partial charge in [0.2, 0.25) is 0 Å². The molecule has 2 aromatic rings. The van der Waals surface area contributed by atoms with Gasteiger partial charge in [0.1, 0.15) is 0 Å². The number of anilines is 1. The number of amides is 1. The van der Waals surface area contributed by atoms with E-state index in [1.54, 1.807) is 25.2 Å². The average molecular weight is 269 g/mol. The van der Waals surface area contributed by atoms with Crippen LogP contribution in [-0.2, 0) is 6.54 Å². The van der Waals surface area contributed by atoms with Gasteiger partial charge in [-0.05, 0) is 36.2 Å². The number of hydrogen-bond donors (Lipinski definition) is 1. The molecule has 1 aromatic heterocycles. The summed E-state index contributed by atoms with van der Waals surface area (Å²) in [5, 5.41) is 3.35. The van der Waals surface area contributed by atoms with E-state index >= 15 is 0 Å². The molecule has 4 heteroatoms. The second-order valence-electron chi connectivity index (χ2n) is 4.94. The number of carbonyl (C=O) groups excluding carboxylic acids is 1. The standard InChI is InChI=1S/C16H19N3O/c1-12-6-7-14(16(20)19(2)3)9-15(12)18-11-13-5-4-8-17-10-13/h4-10,18H,11H2,1-3H3. The Morgan fingerprint density at radius 2 is 2.10 bits per heavy atom. The van der Waals surface area contributed by atoms with Crippen LogP contribution in [0.25, 0.3) is 0 Å². The van der Waals surface area contributed by atoms with E-state index in [1.807, 2.05) is 43.5 Å².